The Hall–Kier alpha value is -1.79. The second-order valence-corrected chi connectivity index (χ2v) is 7.39. The number of aromatic nitrogens is 2. The molecule has 5 nitrogen and oxygen atoms in total. The first-order valence-corrected chi connectivity index (χ1v) is 9.27. The summed E-state index contributed by atoms with van der Waals surface area (Å²) in [7, 11) is 0. The van der Waals surface area contributed by atoms with Gasteiger partial charge in [-0.15, -0.1) is 5.10 Å². The van der Waals surface area contributed by atoms with Crippen LogP contribution in [0.3, 0.4) is 0 Å². The van der Waals surface area contributed by atoms with Crippen molar-refractivity contribution in [3.63, 3.8) is 0 Å². The molecule has 1 amide bonds. The predicted octanol–water partition coefficient (Wildman–Crippen LogP) is 3.24. The second kappa shape index (κ2) is 7.40. The van der Waals surface area contributed by atoms with Gasteiger partial charge in [0.15, 0.2) is 0 Å². The van der Waals surface area contributed by atoms with Gasteiger partial charge < -0.3 is 10.6 Å². The molecule has 1 unspecified atom stereocenters. The first kappa shape index (κ1) is 17.0. The molecule has 2 N–H and O–H groups in total. The summed E-state index contributed by atoms with van der Waals surface area (Å²) >= 11 is 1.16. The van der Waals surface area contributed by atoms with Crippen LogP contribution in [0, 0.1) is 6.92 Å². The molecule has 0 saturated heterocycles. The highest BCUT2D eigenvalue weighted by molar-refractivity contribution is 7.07. The van der Waals surface area contributed by atoms with Gasteiger partial charge in [-0.3, -0.25) is 4.79 Å². The second-order valence-electron chi connectivity index (χ2n) is 6.63. The Labute approximate surface area is 147 Å². The molecule has 0 bridgehead atoms. The molecule has 128 valence electrons. The maximum absolute atomic E-state index is 12.4. The van der Waals surface area contributed by atoms with Gasteiger partial charge in [0.05, 0.1) is 5.69 Å². The van der Waals surface area contributed by atoms with Gasteiger partial charge in [0.25, 0.3) is 5.91 Å². The van der Waals surface area contributed by atoms with Gasteiger partial charge in [-0.25, -0.2) is 0 Å². The summed E-state index contributed by atoms with van der Waals surface area (Å²) in [5.41, 5.74) is 1.94. The highest BCUT2D eigenvalue weighted by Crippen LogP contribution is 2.32. The van der Waals surface area contributed by atoms with E-state index in [1.165, 1.54) is 18.4 Å². The minimum Gasteiger partial charge on any atom is -0.349 e. The van der Waals surface area contributed by atoms with Gasteiger partial charge >= 0.3 is 0 Å². The summed E-state index contributed by atoms with van der Waals surface area (Å²) in [5, 5.41) is 10.8. The van der Waals surface area contributed by atoms with Crippen LogP contribution in [-0.4, -0.2) is 27.6 Å². The van der Waals surface area contributed by atoms with Crippen molar-refractivity contribution >= 4 is 17.4 Å². The van der Waals surface area contributed by atoms with Crippen LogP contribution in [-0.2, 0) is 0 Å². The minimum atomic E-state index is -0.0667. The fraction of sp³-hybridized carbons (Fsp3) is 0.500. The number of carbonyl (C=O) groups is 1. The molecule has 1 saturated carbocycles. The number of amides is 1. The molecule has 1 aliphatic carbocycles. The van der Waals surface area contributed by atoms with Gasteiger partial charge in [0.1, 0.15) is 4.88 Å². The van der Waals surface area contributed by atoms with Crippen molar-refractivity contribution in [2.75, 3.05) is 6.54 Å². The number of nitrogens with one attached hydrogen (secondary N) is 2. The van der Waals surface area contributed by atoms with Crippen molar-refractivity contribution in [1.82, 2.24) is 20.2 Å². The van der Waals surface area contributed by atoms with E-state index in [2.05, 4.69) is 51.4 Å². The van der Waals surface area contributed by atoms with Crippen LogP contribution in [0.4, 0.5) is 0 Å². The van der Waals surface area contributed by atoms with Crippen molar-refractivity contribution in [3.05, 3.63) is 46.5 Å². The first-order chi connectivity index (χ1) is 11.6. The zero-order chi connectivity index (χ0) is 17.0. The summed E-state index contributed by atoms with van der Waals surface area (Å²) in [6.45, 7) is 4.65. The van der Waals surface area contributed by atoms with E-state index >= 15 is 0 Å². The van der Waals surface area contributed by atoms with Gasteiger partial charge in [-0.05, 0) is 43.8 Å². The highest BCUT2D eigenvalue weighted by Gasteiger charge is 2.35. The topological polar surface area (TPSA) is 66.9 Å². The monoisotopic (exact) mass is 344 g/mol. The molecule has 2 aromatic rings. The molecule has 1 aromatic carbocycles. The third kappa shape index (κ3) is 3.82. The van der Waals surface area contributed by atoms with Gasteiger partial charge in [0.2, 0.25) is 0 Å². The van der Waals surface area contributed by atoms with E-state index in [0.717, 1.165) is 24.4 Å². The molecular weight excluding hydrogens is 320 g/mol. The van der Waals surface area contributed by atoms with E-state index in [1.807, 2.05) is 13.0 Å². The van der Waals surface area contributed by atoms with Crippen LogP contribution in [0.5, 0.6) is 0 Å². The average molecular weight is 344 g/mol. The third-order valence-electron chi connectivity index (χ3n) is 4.83. The number of carbonyl (C=O) groups excluding carboxylic acids is 1. The Bertz CT molecular complexity index is 679. The number of benzene rings is 1. The van der Waals surface area contributed by atoms with Crippen LogP contribution in [0.25, 0.3) is 0 Å². The summed E-state index contributed by atoms with van der Waals surface area (Å²) in [6, 6.07) is 10.7. The summed E-state index contributed by atoms with van der Waals surface area (Å²) in [6.07, 6.45) is 4.58. The molecule has 1 heterocycles. The largest absolute Gasteiger partial charge is 0.349 e. The summed E-state index contributed by atoms with van der Waals surface area (Å²) in [4.78, 5) is 13.0. The lowest BCUT2D eigenvalue weighted by Crippen LogP contribution is -2.52. The van der Waals surface area contributed by atoms with E-state index in [1.54, 1.807) is 0 Å². The van der Waals surface area contributed by atoms with Gasteiger partial charge in [-0.1, -0.05) is 47.7 Å². The van der Waals surface area contributed by atoms with E-state index in [-0.39, 0.29) is 17.5 Å². The molecule has 1 aromatic heterocycles. The molecule has 1 atom stereocenters. The SMILES string of the molecule is Cc1nnsc1C(=O)NCC1(NC(C)c2ccccc2)CCCC1. The molecule has 6 heteroatoms. The Morgan fingerprint density at radius 1 is 1.29 bits per heavy atom. The Kier molecular flexibility index (Phi) is 5.26. The maximum Gasteiger partial charge on any atom is 0.265 e. The number of hydrogen-bond donors (Lipinski definition) is 2. The number of nitrogens with zero attached hydrogens (tertiary/aromatic N) is 2. The van der Waals surface area contributed by atoms with Gasteiger partial charge in [-0.2, -0.15) is 0 Å². The van der Waals surface area contributed by atoms with Crippen LogP contribution in [0.1, 0.15) is 59.6 Å². The van der Waals surface area contributed by atoms with Crippen LogP contribution in [0.2, 0.25) is 0 Å². The smallest absolute Gasteiger partial charge is 0.265 e. The zero-order valence-corrected chi connectivity index (χ0v) is 15.0. The average Bonchev–Trinajstić information content (AvgIpc) is 3.23. The van der Waals surface area contributed by atoms with E-state index in [0.29, 0.717) is 17.1 Å². The van der Waals surface area contributed by atoms with Crippen LogP contribution in [0.15, 0.2) is 30.3 Å². The highest BCUT2D eigenvalue weighted by atomic mass is 32.1. The lowest BCUT2D eigenvalue weighted by molar-refractivity contribution is 0.0940. The molecule has 0 radical (unpaired) electrons. The summed E-state index contributed by atoms with van der Waals surface area (Å²) < 4.78 is 3.84. The molecule has 0 aliphatic heterocycles. The van der Waals surface area contributed by atoms with E-state index in [9.17, 15) is 4.79 Å². The molecule has 1 aliphatic rings. The molecular formula is C18H24N4OS. The normalized spacial score (nSPS) is 17.6. The minimum absolute atomic E-state index is 0.0308. The number of rotatable bonds is 6. The molecule has 24 heavy (non-hydrogen) atoms. The van der Waals surface area contributed by atoms with E-state index < -0.39 is 0 Å². The lowest BCUT2D eigenvalue weighted by atomic mass is 9.94. The number of hydrogen-bond acceptors (Lipinski definition) is 5. The van der Waals surface area contributed by atoms with Crippen LogP contribution >= 0.6 is 11.5 Å². The van der Waals surface area contributed by atoms with Gasteiger partial charge in [0, 0.05) is 18.1 Å². The predicted molar refractivity (Wildman–Crippen MR) is 96.2 cm³/mol. The maximum atomic E-state index is 12.4. The fourth-order valence-electron chi connectivity index (χ4n) is 3.48. The number of aryl methyl sites for hydroxylation is 1. The van der Waals surface area contributed by atoms with Crippen molar-refractivity contribution < 1.29 is 4.79 Å². The molecule has 1 fully saturated rings. The fourth-order valence-corrected chi connectivity index (χ4v) is 4.05. The van der Waals surface area contributed by atoms with Crippen LogP contribution < -0.4 is 10.6 Å². The molecule has 0 spiro atoms. The van der Waals surface area contributed by atoms with Crippen molar-refractivity contribution in [2.24, 2.45) is 0 Å². The van der Waals surface area contributed by atoms with E-state index in [4.69, 9.17) is 0 Å². The van der Waals surface area contributed by atoms with Crippen molar-refractivity contribution in [3.8, 4) is 0 Å². The van der Waals surface area contributed by atoms with Crippen molar-refractivity contribution in [1.29, 1.82) is 0 Å². The zero-order valence-electron chi connectivity index (χ0n) is 14.2. The lowest BCUT2D eigenvalue weighted by Gasteiger charge is -2.34. The molecule has 3 rings (SSSR count). The van der Waals surface area contributed by atoms with Crippen molar-refractivity contribution in [2.45, 2.75) is 51.1 Å². The third-order valence-corrected chi connectivity index (χ3v) is 5.65. The standard InChI is InChI=1S/C18H24N4OS/c1-13(15-8-4-3-5-9-15)20-18(10-6-7-11-18)12-19-17(23)16-14(2)21-22-24-16/h3-5,8-9,13,20H,6-7,10-12H2,1-2H3,(H,19,23). The first-order valence-electron chi connectivity index (χ1n) is 8.49. The summed E-state index contributed by atoms with van der Waals surface area (Å²) in [5.74, 6) is -0.0667. The quantitative estimate of drug-likeness (QED) is 0.844. The Morgan fingerprint density at radius 3 is 2.62 bits per heavy atom. The Morgan fingerprint density at radius 2 is 2.00 bits per heavy atom. The Balaban J connectivity index is 1.65.